The van der Waals surface area contributed by atoms with Gasteiger partial charge in [0.2, 0.25) is 0 Å². The number of nitrogens with one attached hydrogen (secondary N) is 1. The van der Waals surface area contributed by atoms with Gasteiger partial charge in [-0.15, -0.1) is 0 Å². The van der Waals surface area contributed by atoms with Crippen molar-refractivity contribution in [2.45, 2.75) is 38.1 Å². The van der Waals surface area contributed by atoms with Crippen LogP contribution in [0.4, 0.5) is 0 Å². The molecule has 1 unspecified atom stereocenters. The van der Waals surface area contributed by atoms with Gasteiger partial charge in [0.05, 0.1) is 0 Å². The highest BCUT2D eigenvalue weighted by Gasteiger charge is 2.12. The predicted octanol–water partition coefficient (Wildman–Crippen LogP) is 3.08. The largest absolute Gasteiger partial charge is 0.271 e. The average Bonchev–Trinajstić information content (AvgIpc) is 2.38. The molecule has 1 aromatic carbocycles. The van der Waals surface area contributed by atoms with E-state index < -0.39 is 0 Å². The zero-order valence-electron chi connectivity index (χ0n) is 9.65. The van der Waals surface area contributed by atoms with Crippen molar-refractivity contribution < 1.29 is 0 Å². The van der Waals surface area contributed by atoms with Gasteiger partial charge in [0.15, 0.2) is 0 Å². The maximum Gasteiger partial charge on any atom is 0.0497 e. The van der Waals surface area contributed by atoms with E-state index in [0.717, 1.165) is 6.42 Å². The number of allylic oxidation sites excluding steroid dienone is 1. The molecule has 3 N–H and O–H groups in total. The summed E-state index contributed by atoms with van der Waals surface area (Å²) < 4.78 is 0. The zero-order chi connectivity index (χ0) is 11.2. The lowest BCUT2D eigenvalue weighted by atomic mass is 9.92. The van der Waals surface area contributed by atoms with Crippen molar-refractivity contribution in [1.82, 2.24) is 5.43 Å². The standard InChI is InChI=1S/C14H20N2/c15-16-14(13-9-5-2-6-10-13)11-12-7-3-1-4-8-12/h2,5-7,9-10,14,16H,1,3-4,8,11,15H2. The van der Waals surface area contributed by atoms with E-state index >= 15 is 0 Å². The fraction of sp³-hybridized carbons (Fsp3) is 0.429. The van der Waals surface area contributed by atoms with Gasteiger partial charge in [-0.2, -0.15) is 0 Å². The normalized spacial score (nSPS) is 17.9. The molecule has 0 heterocycles. The van der Waals surface area contributed by atoms with Crippen LogP contribution < -0.4 is 11.3 Å². The Bertz CT molecular complexity index is 343. The van der Waals surface area contributed by atoms with E-state index in [1.807, 2.05) is 6.07 Å². The van der Waals surface area contributed by atoms with Crippen LogP contribution in [0.25, 0.3) is 0 Å². The quantitative estimate of drug-likeness (QED) is 0.461. The highest BCUT2D eigenvalue weighted by molar-refractivity contribution is 5.21. The Morgan fingerprint density at radius 2 is 2.00 bits per heavy atom. The van der Waals surface area contributed by atoms with E-state index in [1.165, 1.54) is 31.2 Å². The molecule has 1 aliphatic rings. The van der Waals surface area contributed by atoms with Crippen molar-refractivity contribution in [3.63, 3.8) is 0 Å². The fourth-order valence-electron chi connectivity index (χ4n) is 2.31. The van der Waals surface area contributed by atoms with Gasteiger partial charge in [-0.3, -0.25) is 11.3 Å². The molecule has 1 aliphatic carbocycles. The molecule has 0 saturated carbocycles. The topological polar surface area (TPSA) is 38.0 Å². The predicted molar refractivity (Wildman–Crippen MR) is 67.7 cm³/mol. The molecular formula is C14H20N2. The van der Waals surface area contributed by atoms with E-state index in [1.54, 1.807) is 5.57 Å². The van der Waals surface area contributed by atoms with Crippen LogP contribution in [0.1, 0.15) is 43.7 Å². The monoisotopic (exact) mass is 216 g/mol. The second-order valence-corrected chi connectivity index (χ2v) is 4.44. The number of hydrazine groups is 1. The van der Waals surface area contributed by atoms with Crippen LogP contribution in [-0.4, -0.2) is 0 Å². The minimum atomic E-state index is 0.255. The number of hydrogen-bond acceptors (Lipinski definition) is 2. The second-order valence-electron chi connectivity index (χ2n) is 4.44. The highest BCUT2D eigenvalue weighted by Crippen LogP contribution is 2.26. The Hall–Kier alpha value is -1.12. The molecule has 0 aliphatic heterocycles. The third kappa shape index (κ3) is 2.94. The maximum absolute atomic E-state index is 5.64. The number of hydrogen-bond donors (Lipinski definition) is 2. The number of benzene rings is 1. The first-order chi connectivity index (χ1) is 7.90. The van der Waals surface area contributed by atoms with Crippen LogP contribution in [0.5, 0.6) is 0 Å². The molecule has 86 valence electrons. The Morgan fingerprint density at radius 3 is 2.62 bits per heavy atom. The van der Waals surface area contributed by atoms with Crippen LogP contribution in [0, 0.1) is 0 Å². The fourth-order valence-corrected chi connectivity index (χ4v) is 2.31. The lowest BCUT2D eigenvalue weighted by Crippen LogP contribution is -2.28. The summed E-state index contributed by atoms with van der Waals surface area (Å²) in [6.45, 7) is 0. The maximum atomic E-state index is 5.64. The van der Waals surface area contributed by atoms with Gasteiger partial charge >= 0.3 is 0 Å². The summed E-state index contributed by atoms with van der Waals surface area (Å²) in [6.07, 6.45) is 8.58. The summed E-state index contributed by atoms with van der Waals surface area (Å²) in [5.41, 5.74) is 5.75. The van der Waals surface area contributed by atoms with E-state index in [0.29, 0.717) is 0 Å². The average molecular weight is 216 g/mol. The first-order valence-electron chi connectivity index (χ1n) is 6.09. The Morgan fingerprint density at radius 1 is 1.19 bits per heavy atom. The lowest BCUT2D eigenvalue weighted by Gasteiger charge is -2.20. The summed E-state index contributed by atoms with van der Waals surface area (Å²) >= 11 is 0. The van der Waals surface area contributed by atoms with E-state index in [2.05, 4.69) is 35.8 Å². The van der Waals surface area contributed by atoms with Crippen molar-refractivity contribution in [3.8, 4) is 0 Å². The Balaban J connectivity index is 2.03. The number of rotatable bonds is 4. The van der Waals surface area contributed by atoms with Gasteiger partial charge in [-0.25, -0.2) is 0 Å². The molecule has 2 heteroatoms. The molecule has 0 aromatic heterocycles. The third-order valence-electron chi connectivity index (χ3n) is 3.25. The van der Waals surface area contributed by atoms with E-state index in [-0.39, 0.29) is 6.04 Å². The summed E-state index contributed by atoms with van der Waals surface area (Å²) in [7, 11) is 0. The molecule has 16 heavy (non-hydrogen) atoms. The molecule has 0 amide bonds. The molecule has 0 bridgehead atoms. The van der Waals surface area contributed by atoms with Gasteiger partial charge in [-0.1, -0.05) is 42.0 Å². The Labute approximate surface area is 97.5 Å². The van der Waals surface area contributed by atoms with Crippen molar-refractivity contribution in [2.24, 2.45) is 5.84 Å². The van der Waals surface area contributed by atoms with Crippen LogP contribution in [0.3, 0.4) is 0 Å². The minimum absolute atomic E-state index is 0.255. The van der Waals surface area contributed by atoms with Gasteiger partial charge < -0.3 is 0 Å². The SMILES string of the molecule is NNC(CC1=CCCCC1)c1ccccc1. The van der Waals surface area contributed by atoms with Gasteiger partial charge in [0.25, 0.3) is 0 Å². The molecule has 1 atom stereocenters. The van der Waals surface area contributed by atoms with Crippen molar-refractivity contribution in [3.05, 3.63) is 47.5 Å². The molecule has 2 rings (SSSR count). The van der Waals surface area contributed by atoms with E-state index in [4.69, 9.17) is 5.84 Å². The van der Waals surface area contributed by atoms with Gasteiger partial charge in [0, 0.05) is 6.04 Å². The number of nitrogens with two attached hydrogens (primary N) is 1. The summed E-state index contributed by atoms with van der Waals surface area (Å²) in [6, 6.07) is 10.7. The van der Waals surface area contributed by atoms with Crippen LogP contribution in [-0.2, 0) is 0 Å². The van der Waals surface area contributed by atoms with Crippen LogP contribution in [0.2, 0.25) is 0 Å². The molecule has 0 spiro atoms. The lowest BCUT2D eigenvalue weighted by molar-refractivity contribution is 0.529. The van der Waals surface area contributed by atoms with Crippen molar-refractivity contribution in [1.29, 1.82) is 0 Å². The van der Waals surface area contributed by atoms with Gasteiger partial charge in [-0.05, 0) is 37.7 Å². The first kappa shape index (κ1) is 11.4. The zero-order valence-corrected chi connectivity index (χ0v) is 9.65. The third-order valence-corrected chi connectivity index (χ3v) is 3.25. The first-order valence-corrected chi connectivity index (χ1v) is 6.09. The van der Waals surface area contributed by atoms with Crippen molar-refractivity contribution in [2.75, 3.05) is 0 Å². The molecule has 0 fully saturated rings. The molecule has 0 saturated heterocycles. The Kier molecular flexibility index (Phi) is 4.14. The van der Waals surface area contributed by atoms with Crippen LogP contribution >= 0.6 is 0 Å². The molecule has 0 radical (unpaired) electrons. The molecular weight excluding hydrogens is 196 g/mol. The van der Waals surface area contributed by atoms with E-state index in [9.17, 15) is 0 Å². The second kappa shape index (κ2) is 5.83. The minimum Gasteiger partial charge on any atom is -0.271 e. The summed E-state index contributed by atoms with van der Waals surface area (Å²) in [5, 5.41) is 0. The summed E-state index contributed by atoms with van der Waals surface area (Å²) in [5.74, 6) is 5.64. The molecule has 2 nitrogen and oxygen atoms in total. The summed E-state index contributed by atoms with van der Waals surface area (Å²) in [4.78, 5) is 0. The smallest absolute Gasteiger partial charge is 0.0497 e. The molecule has 1 aromatic rings. The van der Waals surface area contributed by atoms with Gasteiger partial charge in [0.1, 0.15) is 0 Å². The highest BCUT2D eigenvalue weighted by atomic mass is 15.2. The van der Waals surface area contributed by atoms with Crippen LogP contribution in [0.15, 0.2) is 42.0 Å². The van der Waals surface area contributed by atoms with Crippen molar-refractivity contribution >= 4 is 0 Å².